The first kappa shape index (κ1) is 19.1. The molecular weight excluding hydrogens is 409 g/mol. The molecule has 0 N–H and O–H groups in total. The van der Waals surface area contributed by atoms with Gasteiger partial charge in [0, 0.05) is 18.6 Å². The lowest BCUT2D eigenvalue weighted by Gasteiger charge is -2.37. The van der Waals surface area contributed by atoms with E-state index < -0.39 is 0 Å². The van der Waals surface area contributed by atoms with Crippen LogP contribution in [0, 0.1) is 0 Å². The first-order chi connectivity index (χ1) is 14.1. The van der Waals surface area contributed by atoms with Gasteiger partial charge in [0.2, 0.25) is 5.75 Å². The Hall–Kier alpha value is -1.88. The number of ether oxygens (including phenoxy) is 3. The van der Waals surface area contributed by atoms with Gasteiger partial charge in [-0.3, -0.25) is 4.90 Å². The highest BCUT2D eigenvalue weighted by molar-refractivity contribution is 6.42. The van der Waals surface area contributed by atoms with Gasteiger partial charge in [-0.15, -0.1) is 0 Å². The van der Waals surface area contributed by atoms with E-state index in [0.29, 0.717) is 34.5 Å². The van der Waals surface area contributed by atoms with Gasteiger partial charge < -0.3 is 14.2 Å². The van der Waals surface area contributed by atoms with Crippen LogP contribution in [0.25, 0.3) is 5.57 Å². The molecule has 3 aliphatic rings. The Labute approximate surface area is 181 Å². The van der Waals surface area contributed by atoms with Crippen molar-refractivity contribution < 1.29 is 14.2 Å². The summed E-state index contributed by atoms with van der Waals surface area (Å²) in [6.45, 7) is 1.40. The number of para-hydroxylation sites is 1. The van der Waals surface area contributed by atoms with Crippen molar-refractivity contribution in [1.82, 2.24) is 4.90 Å². The van der Waals surface area contributed by atoms with Gasteiger partial charge in [-0.05, 0) is 54.7 Å². The number of nitrogens with zero attached hydrogens (tertiary/aromatic N) is 1. The molecule has 29 heavy (non-hydrogen) atoms. The summed E-state index contributed by atoms with van der Waals surface area (Å²) in [6.07, 6.45) is 5.76. The molecule has 4 nitrogen and oxygen atoms in total. The minimum atomic E-state index is -0.0122. The van der Waals surface area contributed by atoms with Crippen molar-refractivity contribution >= 4 is 28.8 Å². The fraction of sp³-hybridized carbons (Fsp3) is 0.391. The van der Waals surface area contributed by atoms with Gasteiger partial charge in [-0.1, -0.05) is 41.4 Å². The molecule has 0 amide bonds. The fourth-order valence-electron chi connectivity index (χ4n) is 4.71. The van der Waals surface area contributed by atoms with Crippen LogP contribution in [0.4, 0.5) is 0 Å². The van der Waals surface area contributed by atoms with Crippen LogP contribution in [-0.2, 0) is 0 Å². The molecule has 3 heterocycles. The summed E-state index contributed by atoms with van der Waals surface area (Å²) < 4.78 is 17.7. The average Bonchev–Trinajstić information content (AvgIpc) is 2.96. The molecule has 0 spiro atoms. The standard InChI is InChI=1S/C23H23Cl2NO3/c1-27-21-3-2-4-22-23(21)29-18(13-28-22)12-26-16-6-7-17(26)10-15(9-16)14-5-8-19(24)20(25)11-14/h2-5,8-9,11,16-18H,6-7,10,12-13H2,1H3/t16?,17?,18-/m0/s1. The molecule has 2 unspecified atom stereocenters. The quantitative estimate of drug-likeness (QED) is 0.642. The van der Waals surface area contributed by atoms with Crippen LogP contribution in [0.2, 0.25) is 10.0 Å². The zero-order valence-electron chi connectivity index (χ0n) is 16.2. The van der Waals surface area contributed by atoms with E-state index in [1.807, 2.05) is 30.3 Å². The summed E-state index contributed by atoms with van der Waals surface area (Å²) in [5, 5.41) is 1.21. The second kappa shape index (κ2) is 7.75. The van der Waals surface area contributed by atoms with E-state index in [-0.39, 0.29) is 6.10 Å². The van der Waals surface area contributed by atoms with Gasteiger partial charge in [-0.2, -0.15) is 0 Å². The van der Waals surface area contributed by atoms with Crippen molar-refractivity contribution in [2.24, 2.45) is 0 Å². The maximum absolute atomic E-state index is 6.28. The number of methoxy groups -OCH3 is 1. The van der Waals surface area contributed by atoms with Gasteiger partial charge in [0.25, 0.3) is 0 Å². The average molecular weight is 432 g/mol. The van der Waals surface area contributed by atoms with Crippen molar-refractivity contribution in [3.63, 3.8) is 0 Å². The first-order valence-corrected chi connectivity index (χ1v) is 10.8. The highest BCUT2D eigenvalue weighted by Gasteiger charge is 2.39. The Morgan fingerprint density at radius 3 is 2.83 bits per heavy atom. The Kier molecular flexibility index (Phi) is 5.10. The zero-order chi connectivity index (χ0) is 20.0. The summed E-state index contributed by atoms with van der Waals surface area (Å²) in [5.74, 6) is 2.18. The molecule has 0 aromatic heterocycles. The Morgan fingerprint density at radius 2 is 2.03 bits per heavy atom. The smallest absolute Gasteiger partial charge is 0.204 e. The topological polar surface area (TPSA) is 30.9 Å². The van der Waals surface area contributed by atoms with Gasteiger partial charge in [0.1, 0.15) is 12.7 Å². The summed E-state index contributed by atoms with van der Waals surface area (Å²) >= 11 is 12.3. The molecule has 1 fully saturated rings. The molecular formula is C23H23Cl2NO3. The number of fused-ring (bicyclic) bond motifs is 3. The Bertz CT molecular complexity index is 947. The lowest BCUT2D eigenvalue weighted by Crippen LogP contribution is -2.47. The van der Waals surface area contributed by atoms with E-state index in [9.17, 15) is 0 Å². The van der Waals surface area contributed by atoms with Crippen LogP contribution in [0.5, 0.6) is 17.2 Å². The van der Waals surface area contributed by atoms with Crippen LogP contribution < -0.4 is 14.2 Å². The third kappa shape index (κ3) is 3.58. The molecule has 3 atom stereocenters. The molecule has 152 valence electrons. The number of benzene rings is 2. The maximum Gasteiger partial charge on any atom is 0.204 e. The molecule has 5 rings (SSSR count). The minimum absolute atomic E-state index is 0.0122. The monoisotopic (exact) mass is 431 g/mol. The van der Waals surface area contributed by atoms with Crippen LogP contribution in [0.3, 0.4) is 0 Å². The molecule has 0 saturated carbocycles. The van der Waals surface area contributed by atoms with E-state index in [1.54, 1.807) is 7.11 Å². The van der Waals surface area contributed by atoms with Crippen LogP contribution in [0.1, 0.15) is 24.8 Å². The van der Waals surface area contributed by atoms with Crippen molar-refractivity contribution in [2.75, 3.05) is 20.3 Å². The predicted molar refractivity (Wildman–Crippen MR) is 115 cm³/mol. The molecule has 2 aromatic carbocycles. The van der Waals surface area contributed by atoms with Crippen LogP contribution in [-0.4, -0.2) is 43.3 Å². The van der Waals surface area contributed by atoms with Crippen LogP contribution >= 0.6 is 23.2 Å². The van der Waals surface area contributed by atoms with E-state index in [1.165, 1.54) is 24.0 Å². The second-order valence-electron chi connectivity index (χ2n) is 7.86. The van der Waals surface area contributed by atoms with Crippen molar-refractivity contribution in [3.05, 3.63) is 58.1 Å². The van der Waals surface area contributed by atoms with Crippen molar-refractivity contribution in [1.29, 1.82) is 0 Å². The number of hydrogen-bond acceptors (Lipinski definition) is 4. The van der Waals surface area contributed by atoms with E-state index in [4.69, 9.17) is 37.4 Å². The molecule has 2 bridgehead atoms. The second-order valence-corrected chi connectivity index (χ2v) is 8.67. The third-order valence-electron chi connectivity index (χ3n) is 6.12. The molecule has 6 heteroatoms. The fourth-order valence-corrected chi connectivity index (χ4v) is 5.01. The Balaban J connectivity index is 1.32. The summed E-state index contributed by atoms with van der Waals surface area (Å²) in [6, 6.07) is 12.6. The number of rotatable bonds is 4. The maximum atomic E-state index is 6.28. The molecule has 1 saturated heterocycles. The highest BCUT2D eigenvalue weighted by Crippen LogP contribution is 2.42. The minimum Gasteiger partial charge on any atom is -0.493 e. The van der Waals surface area contributed by atoms with E-state index >= 15 is 0 Å². The molecule has 3 aliphatic heterocycles. The van der Waals surface area contributed by atoms with Crippen molar-refractivity contribution in [3.8, 4) is 17.2 Å². The SMILES string of the molecule is COc1cccc2c1O[C@@H](CN1C3C=C(c4ccc(Cl)c(Cl)c4)CC1CC3)CO2. The largest absolute Gasteiger partial charge is 0.493 e. The van der Waals surface area contributed by atoms with Crippen LogP contribution in [0.15, 0.2) is 42.5 Å². The molecule has 0 radical (unpaired) electrons. The number of halogens is 2. The number of hydrogen-bond donors (Lipinski definition) is 0. The van der Waals surface area contributed by atoms with E-state index in [2.05, 4.69) is 17.0 Å². The summed E-state index contributed by atoms with van der Waals surface area (Å²) in [5.41, 5.74) is 2.53. The predicted octanol–water partition coefficient (Wildman–Crippen LogP) is 5.46. The normalized spacial score (nSPS) is 25.6. The first-order valence-electron chi connectivity index (χ1n) is 10.0. The van der Waals surface area contributed by atoms with Gasteiger partial charge in [-0.25, -0.2) is 0 Å². The molecule has 2 aromatic rings. The zero-order valence-corrected chi connectivity index (χ0v) is 17.7. The van der Waals surface area contributed by atoms with Gasteiger partial charge >= 0.3 is 0 Å². The third-order valence-corrected chi connectivity index (χ3v) is 6.86. The lowest BCUT2D eigenvalue weighted by atomic mass is 9.94. The lowest BCUT2D eigenvalue weighted by molar-refractivity contribution is 0.0447. The van der Waals surface area contributed by atoms with Gasteiger partial charge in [0.05, 0.1) is 17.2 Å². The summed E-state index contributed by atoms with van der Waals surface area (Å²) in [4.78, 5) is 2.56. The van der Waals surface area contributed by atoms with E-state index in [0.717, 1.165) is 24.5 Å². The Morgan fingerprint density at radius 1 is 1.14 bits per heavy atom. The summed E-state index contributed by atoms with van der Waals surface area (Å²) in [7, 11) is 1.66. The highest BCUT2D eigenvalue weighted by atomic mass is 35.5. The van der Waals surface area contributed by atoms with Gasteiger partial charge in [0.15, 0.2) is 11.5 Å². The molecule has 0 aliphatic carbocycles. The van der Waals surface area contributed by atoms with Crippen molar-refractivity contribution in [2.45, 2.75) is 37.5 Å².